The van der Waals surface area contributed by atoms with Crippen molar-refractivity contribution in [2.24, 2.45) is 17.8 Å². The van der Waals surface area contributed by atoms with E-state index in [-0.39, 0.29) is 5.75 Å². The van der Waals surface area contributed by atoms with Gasteiger partial charge in [-0.2, -0.15) is 0 Å². The van der Waals surface area contributed by atoms with Gasteiger partial charge in [-0.15, -0.1) is 0 Å². The molecular formula is C21H34N2O. The lowest BCUT2D eigenvalue weighted by Crippen LogP contribution is -2.17. The molecule has 2 aliphatic rings. The number of hydrogen-bond acceptors (Lipinski definition) is 3. The van der Waals surface area contributed by atoms with Crippen LogP contribution >= 0.6 is 0 Å². The Balaban J connectivity index is 1.46. The fourth-order valence-electron chi connectivity index (χ4n) is 4.81. The molecule has 0 atom stereocenters. The summed E-state index contributed by atoms with van der Waals surface area (Å²) in [5, 5.41) is 9.73. The summed E-state index contributed by atoms with van der Waals surface area (Å²) in [5.74, 6) is 3.46. The standard InChI is InChI=1S/C21H34N2O/c1-14-2-4-15(5-3-14)6-7-16-8-10-17(11-9-16)18-12-19(22)21(24)20(23)13-18/h12-17,24H,2-11,22-23H2,1H3. The molecule has 134 valence electrons. The summed E-state index contributed by atoms with van der Waals surface area (Å²) in [4.78, 5) is 0. The van der Waals surface area contributed by atoms with Crippen LogP contribution in [0.25, 0.3) is 0 Å². The van der Waals surface area contributed by atoms with Crippen molar-refractivity contribution in [1.29, 1.82) is 0 Å². The number of benzene rings is 1. The molecule has 2 fully saturated rings. The average Bonchev–Trinajstić information content (AvgIpc) is 2.59. The first-order valence-corrected chi connectivity index (χ1v) is 9.90. The molecule has 24 heavy (non-hydrogen) atoms. The number of aromatic hydroxyl groups is 1. The van der Waals surface area contributed by atoms with Crippen molar-refractivity contribution in [1.82, 2.24) is 0 Å². The molecule has 5 N–H and O–H groups in total. The molecule has 0 heterocycles. The van der Waals surface area contributed by atoms with Crippen molar-refractivity contribution in [3.05, 3.63) is 17.7 Å². The van der Waals surface area contributed by atoms with Gasteiger partial charge in [0.15, 0.2) is 5.75 Å². The maximum absolute atomic E-state index is 9.73. The Morgan fingerprint density at radius 2 is 1.29 bits per heavy atom. The van der Waals surface area contributed by atoms with E-state index in [9.17, 15) is 5.11 Å². The van der Waals surface area contributed by atoms with E-state index in [1.807, 2.05) is 12.1 Å². The van der Waals surface area contributed by atoms with Gasteiger partial charge >= 0.3 is 0 Å². The molecule has 0 amide bonds. The van der Waals surface area contributed by atoms with Crippen LogP contribution in [0, 0.1) is 17.8 Å². The fourth-order valence-corrected chi connectivity index (χ4v) is 4.81. The van der Waals surface area contributed by atoms with E-state index in [4.69, 9.17) is 11.5 Å². The van der Waals surface area contributed by atoms with Crippen molar-refractivity contribution < 1.29 is 5.11 Å². The summed E-state index contributed by atoms with van der Waals surface area (Å²) < 4.78 is 0. The molecule has 1 aromatic rings. The molecule has 0 spiro atoms. The van der Waals surface area contributed by atoms with Crippen LogP contribution in [-0.4, -0.2) is 5.11 Å². The maximum atomic E-state index is 9.73. The first kappa shape index (κ1) is 17.4. The zero-order chi connectivity index (χ0) is 17.1. The highest BCUT2D eigenvalue weighted by Gasteiger charge is 2.25. The van der Waals surface area contributed by atoms with E-state index in [0.717, 1.165) is 17.8 Å². The van der Waals surface area contributed by atoms with Gasteiger partial charge in [-0.3, -0.25) is 0 Å². The summed E-state index contributed by atoms with van der Waals surface area (Å²) in [6, 6.07) is 3.83. The van der Waals surface area contributed by atoms with Crippen molar-refractivity contribution in [3.63, 3.8) is 0 Å². The predicted octanol–water partition coefficient (Wildman–Crippen LogP) is 5.44. The summed E-state index contributed by atoms with van der Waals surface area (Å²) in [6.07, 6.45) is 13.8. The molecule has 3 rings (SSSR count). The van der Waals surface area contributed by atoms with Gasteiger partial charge in [0.1, 0.15) is 0 Å². The number of phenolic OH excluding ortho intramolecular Hbond substituents is 1. The number of phenols is 1. The summed E-state index contributed by atoms with van der Waals surface area (Å²) >= 11 is 0. The van der Waals surface area contributed by atoms with Gasteiger partial charge in [0.05, 0.1) is 11.4 Å². The van der Waals surface area contributed by atoms with Gasteiger partial charge in [-0.1, -0.05) is 45.4 Å². The lowest BCUT2D eigenvalue weighted by Gasteiger charge is -2.31. The van der Waals surface area contributed by atoms with Crippen LogP contribution in [-0.2, 0) is 0 Å². The third-order valence-electron chi connectivity index (χ3n) is 6.63. The molecule has 0 saturated heterocycles. The smallest absolute Gasteiger partial charge is 0.161 e. The van der Waals surface area contributed by atoms with Crippen LogP contribution in [0.15, 0.2) is 12.1 Å². The molecule has 3 heteroatoms. The topological polar surface area (TPSA) is 72.3 Å². The second-order valence-electron chi connectivity index (χ2n) is 8.47. The highest BCUT2D eigenvalue weighted by molar-refractivity contribution is 5.68. The molecular weight excluding hydrogens is 296 g/mol. The van der Waals surface area contributed by atoms with Crippen molar-refractivity contribution >= 4 is 11.4 Å². The van der Waals surface area contributed by atoms with Crippen LogP contribution in [0.1, 0.15) is 82.6 Å². The number of anilines is 2. The van der Waals surface area contributed by atoms with Gasteiger partial charge < -0.3 is 16.6 Å². The van der Waals surface area contributed by atoms with Crippen LogP contribution in [0.4, 0.5) is 11.4 Å². The molecule has 3 nitrogen and oxygen atoms in total. The van der Waals surface area contributed by atoms with Crippen LogP contribution in [0.3, 0.4) is 0 Å². The van der Waals surface area contributed by atoms with E-state index in [0.29, 0.717) is 17.3 Å². The minimum atomic E-state index is 0.0363. The third-order valence-corrected chi connectivity index (χ3v) is 6.63. The SMILES string of the molecule is CC1CCC(CCC2CCC(c3cc(N)c(O)c(N)c3)CC2)CC1. The minimum absolute atomic E-state index is 0.0363. The van der Waals surface area contributed by atoms with Gasteiger partial charge in [0.25, 0.3) is 0 Å². The Labute approximate surface area is 146 Å². The minimum Gasteiger partial charge on any atom is -0.504 e. The molecule has 0 bridgehead atoms. The van der Waals surface area contributed by atoms with E-state index in [1.165, 1.54) is 69.8 Å². The molecule has 2 aliphatic carbocycles. The van der Waals surface area contributed by atoms with E-state index in [1.54, 1.807) is 0 Å². The first-order valence-electron chi connectivity index (χ1n) is 9.90. The van der Waals surface area contributed by atoms with Crippen molar-refractivity contribution in [2.75, 3.05) is 11.5 Å². The number of rotatable bonds is 4. The molecule has 2 saturated carbocycles. The van der Waals surface area contributed by atoms with Gasteiger partial charge in [0, 0.05) is 0 Å². The van der Waals surface area contributed by atoms with Crippen molar-refractivity contribution in [2.45, 2.75) is 77.0 Å². The Morgan fingerprint density at radius 3 is 1.79 bits per heavy atom. The summed E-state index contributed by atoms with van der Waals surface area (Å²) in [5.41, 5.74) is 13.8. The maximum Gasteiger partial charge on any atom is 0.161 e. The van der Waals surface area contributed by atoms with E-state index >= 15 is 0 Å². The first-order chi connectivity index (χ1) is 11.5. The predicted molar refractivity (Wildman–Crippen MR) is 102 cm³/mol. The fraction of sp³-hybridized carbons (Fsp3) is 0.714. The van der Waals surface area contributed by atoms with Crippen LogP contribution in [0.2, 0.25) is 0 Å². The lowest BCUT2D eigenvalue weighted by molar-refractivity contribution is 0.237. The Kier molecular flexibility index (Phi) is 5.57. The lowest BCUT2D eigenvalue weighted by atomic mass is 9.74. The number of nitrogen functional groups attached to an aromatic ring is 2. The zero-order valence-corrected chi connectivity index (χ0v) is 15.1. The van der Waals surface area contributed by atoms with E-state index in [2.05, 4.69) is 6.92 Å². The molecule has 0 unspecified atom stereocenters. The monoisotopic (exact) mass is 330 g/mol. The highest BCUT2D eigenvalue weighted by Crippen LogP contribution is 2.42. The Morgan fingerprint density at radius 1 is 0.833 bits per heavy atom. The Hall–Kier alpha value is -1.38. The highest BCUT2D eigenvalue weighted by atomic mass is 16.3. The molecule has 1 aromatic carbocycles. The third kappa shape index (κ3) is 4.17. The second kappa shape index (κ2) is 7.67. The number of hydrogen-bond donors (Lipinski definition) is 3. The quantitative estimate of drug-likeness (QED) is 0.508. The van der Waals surface area contributed by atoms with Crippen LogP contribution in [0.5, 0.6) is 5.75 Å². The molecule has 0 aromatic heterocycles. The zero-order valence-electron chi connectivity index (χ0n) is 15.1. The summed E-state index contributed by atoms with van der Waals surface area (Å²) in [7, 11) is 0. The second-order valence-corrected chi connectivity index (χ2v) is 8.47. The van der Waals surface area contributed by atoms with Crippen molar-refractivity contribution in [3.8, 4) is 5.75 Å². The van der Waals surface area contributed by atoms with Crippen LogP contribution < -0.4 is 11.5 Å². The van der Waals surface area contributed by atoms with E-state index < -0.39 is 0 Å². The molecule has 0 aliphatic heterocycles. The van der Waals surface area contributed by atoms with Gasteiger partial charge in [0.2, 0.25) is 0 Å². The summed E-state index contributed by atoms with van der Waals surface area (Å²) in [6.45, 7) is 2.40. The Bertz CT molecular complexity index is 518. The van der Waals surface area contributed by atoms with Gasteiger partial charge in [-0.05, 0) is 67.1 Å². The molecule has 0 radical (unpaired) electrons. The average molecular weight is 331 g/mol. The number of nitrogens with two attached hydrogens (primary N) is 2. The largest absolute Gasteiger partial charge is 0.504 e. The van der Waals surface area contributed by atoms with Gasteiger partial charge in [-0.25, -0.2) is 0 Å². The normalized spacial score (nSPS) is 31.0.